The van der Waals surface area contributed by atoms with Crippen molar-refractivity contribution in [1.82, 2.24) is 15.0 Å². The Morgan fingerprint density at radius 2 is 2.00 bits per heavy atom. The molecule has 1 N–H and O–H groups in total. The number of rotatable bonds is 4. The number of fused-ring (bicyclic) bond motifs is 1. The van der Waals surface area contributed by atoms with E-state index in [-0.39, 0.29) is 11.9 Å². The maximum atomic E-state index is 12.2. The van der Waals surface area contributed by atoms with Crippen LogP contribution in [0.15, 0.2) is 36.4 Å². The molecule has 0 amide bonds. The molecule has 0 aliphatic heterocycles. The molecule has 0 aliphatic carbocycles. The summed E-state index contributed by atoms with van der Waals surface area (Å²) in [6.45, 7) is 3.76. The van der Waals surface area contributed by atoms with Crippen LogP contribution >= 0.6 is 11.6 Å². The van der Waals surface area contributed by atoms with Crippen LogP contribution in [-0.2, 0) is 4.74 Å². The number of phenols is 1. The molecule has 2 aromatic carbocycles. The maximum absolute atomic E-state index is 12.2. The van der Waals surface area contributed by atoms with Crippen molar-refractivity contribution in [3.63, 3.8) is 0 Å². The quantitative estimate of drug-likeness (QED) is 0.729. The Morgan fingerprint density at radius 3 is 2.75 bits per heavy atom. The first-order valence-electron chi connectivity index (χ1n) is 7.55. The first-order chi connectivity index (χ1) is 11.5. The second-order valence-corrected chi connectivity index (χ2v) is 5.89. The lowest BCUT2D eigenvalue weighted by Gasteiger charge is -2.11. The van der Waals surface area contributed by atoms with Gasteiger partial charge < -0.3 is 9.84 Å². The third kappa shape index (κ3) is 3.19. The number of hydrogen-bond acceptors (Lipinski definition) is 5. The predicted octanol–water partition coefficient (Wildman–Crippen LogP) is 3.73. The zero-order valence-electron chi connectivity index (χ0n) is 13.2. The van der Waals surface area contributed by atoms with Crippen molar-refractivity contribution in [2.75, 3.05) is 0 Å². The van der Waals surface area contributed by atoms with E-state index in [0.29, 0.717) is 27.3 Å². The Bertz CT molecular complexity index is 907. The van der Waals surface area contributed by atoms with E-state index in [1.807, 2.05) is 13.8 Å². The van der Waals surface area contributed by atoms with E-state index in [2.05, 4.69) is 10.2 Å². The largest absolute Gasteiger partial charge is 0.506 e. The van der Waals surface area contributed by atoms with Gasteiger partial charge in [-0.05, 0) is 49.7 Å². The molecule has 7 heteroatoms. The van der Waals surface area contributed by atoms with Crippen LogP contribution in [-0.4, -0.2) is 32.2 Å². The summed E-state index contributed by atoms with van der Waals surface area (Å²) in [4.78, 5) is 13.4. The Labute approximate surface area is 143 Å². The third-order valence-corrected chi connectivity index (χ3v) is 3.89. The van der Waals surface area contributed by atoms with Gasteiger partial charge in [0.25, 0.3) is 0 Å². The van der Waals surface area contributed by atoms with Gasteiger partial charge in [-0.25, -0.2) is 4.79 Å². The highest BCUT2D eigenvalue weighted by Gasteiger charge is 2.16. The molecule has 0 radical (unpaired) electrons. The molecule has 6 nitrogen and oxygen atoms in total. The molecule has 1 aromatic heterocycles. The minimum Gasteiger partial charge on any atom is -0.506 e. The van der Waals surface area contributed by atoms with E-state index in [0.717, 1.165) is 6.42 Å². The molecule has 1 heterocycles. The highest BCUT2D eigenvalue weighted by molar-refractivity contribution is 6.31. The maximum Gasteiger partial charge on any atom is 0.338 e. The van der Waals surface area contributed by atoms with E-state index in [1.165, 1.54) is 23.0 Å². The molecule has 0 spiro atoms. The molecule has 0 saturated carbocycles. The second kappa shape index (κ2) is 6.49. The number of esters is 1. The number of halogens is 1. The summed E-state index contributed by atoms with van der Waals surface area (Å²) in [5, 5.41) is 19.2. The van der Waals surface area contributed by atoms with Crippen LogP contribution in [0.4, 0.5) is 0 Å². The number of benzene rings is 2. The van der Waals surface area contributed by atoms with Gasteiger partial charge in [-0.2, -0.15) is 0 Å². The fourth-order valence-electron chi connectivity index (χ4n) is 2.14. The van der Waals surface area contributed by atoms with Crippen LogP contribution in [0.5, 0.6) is 5.75 Å². The van der Waals surface area contributed by atoms with E-state index >= 15 is 0 Å². The number of carbonyl (C=O) groups is 1. The van der Waals surface area contributed by atoms with Gasteiger partial charge in [-0.1, -0.05) is 18.5 Å². The fraction of sp³-hybridized carbons (Fsp3) is 0.235. The number of carbonyl (C=O) groups excluding carboxylic acids is 1. The van der Waals surface area contributed by atoms with E-state index in [9.17, 15) is 9.90 Å². The molecule has 0 aliphatic rings. The Balaban J connectivity index is 2.00. The monoisotopic (exact) mass is 345 g/mol. The van der Waals surface area contributed by atoms with Crippen molar-refractivity contribution in [2.45, 2.75) is 26.4 Å². The predicted molar refractivity (Wildman–Crippen MR) is 90.7 cm³/mol. The number of nitrogens with zero attached hydrogens (tertiary/aromatic N) is 3. The average Bonchev–Trinajstić information content (AvgIpc) is 2.97. The molecule has 24 heavy (non-hydrogen) atoms. The summed E-state index contributed by atoms with van der Waals surface area (Å²) < 4.78 is 5.30. The Hall–Kier alpha value is -2.60. The molecule has 3 rings (SSSR count). The fourth-order valence-corrected chi connectivity index (χ4v) is 2.31. The van der Waals surface area contributed by atoms with Crippen molar-refractivity contribution in [1.29, 1.82) is 0 Å². The van der Waals surface area contributed by atoms with Crippen molar-refractivity contribution in [2.24, 2.45) is 0 Å². The summed E-state index contributed by atoms with van der Waals surface area (Å²) in [5.41, 5.74) is 1.84. The van der Waals surface area contributed by atoms with Gasteiger partial charge in [0, 0.05) is 5.02 Å². The number of ether oxygens (including phenoxy) is 1. The summed E-state index contributed by atoms with van der Waals surface area (Å²) in [6.07, 6.45) is 0.547. The highest BCUT2D eigenvalue weighted by Crippen LogP contribution is 2.24. The Kier molecular flexibility index (Phi) is 4.40. The van der Waals surface area contributed by atoms with Crippen LogP contribution in [0.3, 0.4) is 0 Å². The van der Waals surface area contributed by atoms with Gasteiger partial charge in [0.05, 0.1) is 11.7 Å². The van der Waals surface area contributed by atoms with Crippen LogP contribution < -0.4 is 0 Å². The van der Waals surface area contributed by atoms with Crippen molar-refractivity contribution < 1.29 is 14.6 Å². The lowest BCUT2D eigenvalue weighted by molar-refractivity contribution is 0.0334. The Morgan fingerprint density at radius 1 is 1.25 bits per heavy atom. The highest BCUT2D eigenvalue weighted by atomic mass is 35.5. The molecule has 3 aromatic rings. The van der Waals surface area contributed by atoms with Crippen LogP contribution in [0.2, 0.25) is 5.02 Å². The summed E-state index contributed by atoms with van der Waals surface area (Å²) in [6, 6.07) is 9.55. The third-order valence-electron chi connectivity index (χ3n) is 3.65. The van der Waals surface area contributed by atoms with Gasteiger partial charge in [0.15, 0.2) is 0 Å². The molecule has 0 bridgehead atoms. The van der Waals surface area contributed by atoms with Gasteiger partial charge >= 0.3 is 5.97 Å². The zero-order valence-corrected chi connectivity index (χ0v) is 14.0. The van der Waals surface area contributed by atoms with E-state index in [1.54, 1.807) is 18.2 Å². The minimum atomic E-state index is -0.453. The first-order valence-corrected chi connectivity index (χ1v) is 7.92. The second-order valence-electron chi connectivity index (χ2n) is 5.45. The van der Waals surface area contributed by atoms with E-state index in [4.69, 9.17) is 16.3 Å². The normalized spacial score (nSPS) is 12.3. The van der Waals surface area contributed by atoms with Gasteiger partial charge in [0.1, 0.15) is 22.5 Å². The molecule has 1 atom stereocenters. The average molecular weight is 346 g/mol. The molecule has 0 saturated heterocycles. The minimum absolute atomic E-state index is 0.0403. The zero-order chi connectivity index (χ0) is 17.3. The molecule has 0 fully saturated rings. The topological polar surface area (TPSA) is 77.2 Å². The van der Waals surface area contributed by atoms with Crippen LogP contribution in [0, 0.1) is 0 Å². The van der Waals surface area contributed by atoms with Crippen LogP contribution in [0.25, 0.3) is 16.7 Å². The SMILES string of the molecule is CCC(C)OC(=O)c1ccc(O)c(-n2nc3ccc(Cl)cc3n2)c1. The van der Waals surface area contributed by atoms with E-state index < -0.39 is 5.97 Å². The molecule has 124 valence electrons. The van der Waals surface area contributed by atoms with Crippen molar-refractivity contribution in [3.8, 4) is 11.4 Å². The van der Waals surface area contributed by atoms with Crippen molar-refractivity contribution >= 4 is 28.6 Å². The summed E-state index contributed by atoms with van der Waals surface area (Å²) >= 11 is 5.95. The lowest BCUT2D eigenvalue weighted by atomic mass is 10.2. The molecular weight excluding hydrogens is 330 g/mol. The summed E-state index contributed by atoms with van der Waals surface area (Å²) in [5.74, 6) is -0.494. The summed E-state index contributed by atoms with van der Waals surface area (Å²) in [7, 11) is 0. The smallest absolute Gasteiger partial charge is 0.338 e. The number of aromatic hydroxyl groups is 1. The lowest BCUT2D eigenvalue weighted by Crippen LogP contribution is -2.14. The molecular formula is C17H16ClN3O3. The standard InChI is InChI=1S/C17H16ClN3O3/c1-3-10(2)24-17(23)11-4-7-16(22)15(8-11)21-19-13-6-5-12(18)9-14(13)20-21/h4-10,22H,3H2,1-2H3. The van der Waals surface area contributed by atoms with Gasteiger partial charge in [-0.3, -0.25) is 0 Å². The van der Waals surface area contributed by atoms with Gasteiger partial charge in [0.2, 0.25) is 0 Å². The number of hydrogen-bond donors (Lipinski definition) is 1. The number of phenolic OH excluding ortho intramolecular Hbond substituents is 1. The number of aromatic nitrogens is 3. The molecule has 1 unspecified atom stereocenters. The van der Waals surface area contributed by atoms with Gasteiger partial charge in [-0.15, -0.1) is 15.0 Å². The van der Waals surface area contributed by atoms with Crippen molar-refractivity contribution in [3.05, 3.63) is 47.0 Å². The first kappa shape index (κ1) is 16.3. The van der Waals surface area contributed by atoms with Crippen LogP contribution in [0.1, 0.15) is 30.6 Å².